The Morgan fingerprint density at radius 2 is 2.23 bits per heavy atom. The van der Waals surface area contributed by atoms with Crippen molar-refractivity contribution in [3.63, 3.8) is 0 Å². The zero-order chi connectivity index (χ0) is 19.3. The van der Waals surface area contributed by atoms with Crippen LogP contribution in [0.4, 0.5) is 26.0 Å². The number of nitro groups is 1. The molecule has 0 atom stereocenters. The Bertz CT molecular complexity index is 803. The molecule has 0 saturated carbocycles. The highest BCUT2D eigenvalue weighted by Gasteiger charge is 2.27. The first kappa shape index (κ1) is 19.4. The molecule has 0 bridgehead atoms. The van der Waals surface area contributed by atoms with E-state index in [-0.39, 0.29) is 23.4 Å². The van der Waals surface area contributed by atoms with Crippen LogP contribution in [-0.4, -0.2) is 50.2 Å². The van der Waals surface area contributed by atoms with Crippen molar-refractivity contribution in [2.75, 3.05) is 18.1 Å². The van der Waals surface area contributed by atoms with Gasteiger partial charge < -0.3 is 9.64 Å². The van der Waals surface area contributed by atoms with Gasteiger partial charge >= 0.3 is 11.7 Å². The molecule has 0 radical (unpaired) electrons. The van der Waals surface area contributed by atoms with Crippen LogP contribution in [-0.2, 0) is 16.1 Å². The average molecular weight is 391 g/mol. The van der Waals surface area contributed by atoms with Gasteiger partial charge in [0.1, 0.15) is 19.3 Å². The fraction of sp³-hybridized carbons (Fsp3) is 0.385. The van der Waals surface area contributed by atoms with Crippen molar-refractivity contribution in [1.82, 2.24) is 19.7 Å². The molecule has 0 spiro atoms. The monoisotopic (exact) mass is 390 g/mol. The number of esters is 1. The van der Waals surface area contributed by atoms with Crippen molar-refractivity contribution in [1.29, 1.82) is 0 Å². The summed E-state index contributed by atoms with van der Waals surface area (Å²) in [6, 6.07) is 0. The van der Waals surface area contributed by atoms with Crippen LogP contribution in [0, 0.1) is 10.1 Å². The highest BCUT2D eigenvalue weighted by Crippen LogP contribution is 2.31. The van der Waals surface area contributed by atoms with Crippen LogP contribution in [0.2, 0.25) is 5.28 Å². The van der Waals surface area contributed by atoms with Gasteiger partial charge in [-0.1, -0.05) is 0 Å². The van der Waals surface area contributed by atoms with Gasteiger partial charge in [0.15, 0.2) is 0 Å². The van der Waals surface area contributed by atoms with Gasteiger partial charge in [0.05, 0.1) is 23.4 Å². The van der Waals surface area contributed by atoms with Crippen LogP contribution in [0.1, 0.15) is 6.92 Å². The minimum Gasteiger partial charge on any atom is -0.465 e. The number of hydrogen-bond acceptors (Lipinski definition) is 8. The maximum Gasteiger partial charge on any atom is 0.330 e. The number of carbonyl (C=O) groups is 1. The van der Waals surface area contributed by atoms with Gasteiger partial charge in [0.2, 0.25) is 11.1 Å². The molecule has 0 aliphatic rings. The number of carbonyl (C=O) groups excluding carboxylic acids is 1. The van der Waals surface area contributed by atoms with Gasteiger partial charge in [0.25, 0.3) is 6.43 Å². The molecule has 0 aliphatic heterocycles. The van der Waals surface area contributed by atoms with Crippen molar-refractivity contribution >= 4 is 34.8 Å². The van der Waals surface area contributed by atoms with E-state index in [1.165, 1.54) is 12.4 Å². The first-order valence-electron chi connectivity index (χ1n) is 7.22. The predicted molar refractivity (Wildman–Crippen MR) is 85.6 cm³/mol. The second-order valence-electron chi connectivity index (χ2n) is 4.81. The predicted octanol–water partition coefficient (Wildman–Crippen LogP) is 2.20. The minimum atomic E-state index is -2.65. The Balaban J connectivity index is 2.48. The Hall–Kier alpha value is -2.89. The van der Waals surface area contributed by atoms with Crippen molar-refractivity contribution in [3.8, 4) is 0 Å². The molecule has 0 amide bonds. The summed E-state index contributed by atoms with van der Waals surface area (Å²) in [5, 5.41) is 14.7. The summed E-state index contributed by atoms with van der Waals surface area (Å²) < 4.78 is 30.8. The molecule has 0 N–H and O–H groups in total. The maximum absolute atomic E-state index is 12.5. The number of ether oxygens (including phenoxy) is 1. The van der Waals surface area contributed by atoms with E-state index in [1.54, 1.807) is 6.92 Å². The third-order valence-corrected chi connectivity index (χ3v) is 3.20. The third-order valence-electron chi connectivity index (χ3n) is 3.02. The lowest BCUT2D eigenvalue weighted by Crippen LogP contribution is -2.28. The van der Waals surface area contributed by atoms with Gasteiger partial charge in [-0.3, -0.25) is 19.6 Å². The number of rotatable bonds is 8. The molecule has 0 unspecified atom stereocenters. The molecule has 0 aromatic carbocycles. The van der Waals surface area contributed by atoms with E-state index >= 15 is 0 Å². The molecular weight excluding hydrogens is 378 g/mol. The average Bonchev–Trinajstić information content (AvgIpc) is 2.99. The summed E-state index contributed by atoms with van der Waals surface area (Å²) in [6.45, 7) is 0.527. The Morgan fingerprint density at radius 1 is 1.50 bits per heavy atom. The van der Waals surface area contributed by atoms with Crippen LogP contribution < -0.4 is 4.90 Å². The standard InChI is InChI=1S/C13H13ClF2N6O4/c1-2-26-11(23)7-21(8-3-18-20(5-8)6-10(15)16)12-9(22(24)25)4-17-13(14)19-12/h3-5,10H,2,6-7H2,1H3. The molecule has 0 saturated heterocycles. The normalized spacial score (nSPS) is 10.8. The molecule has 2 aromatic heterocycles. The van der Waals surface area contributed by atoms with Gasteiger partial charge in [-0.05, 0) is 18.5 Å². The maximum atomic E-state index is 12.5. The highest BCUT2D eigenvalue weighted by molar-refractivity contribution is 6.28. The second-order valence-corrected chi connectivity index (χ2v) is 5.15. The van der Waals surface area contributed by atoms with E-state index in [2.05, 4.69) is 15.1 Å². The minimum absolute atomic E-state index is 0.0872. The Kier molecular flexibility index (Phi) is 6.33. The number of anilines is 2. The summed E-state index contributed by atoms with van der Waals surface area (Å²) >= 11 is 5.72. The van der Waals surface area contributed by atoms with E-state index in [0.29, 0.717) is 0 Å². The molecule has 2 aromatic rings. The van der Waals surface area contributed by atoms with Crippen LogP contribution in [0.5, 0.6) is 0 Å². The summed E-state index contributed by atoms with van der Waals surface area (Å²) in [6.07, 6.45) is 0.600. The van der Waals surface area contributed by atoms with Crippen molar-refractivity contribution < 1.29 is 23.2 Å². The lowest BCUT2D eigenvalue weighted by atomic mass is 10.3. The number of hydrogen-bond donors (Lipinski definition) is 0. The molecule has 10 nitrogen and oxygen atoms in total. The SMILES string of the molecule is CCOC(=O)CN(c1cnn(CC(F)F)c1)c1nc(Cl)ncc1[N+](=O)[O-]. The molecule has 2 heterocycles. The van der Waals surface area contributed by atoms with Crippen LogP contribution in [0.15, 0.2) is 18.6 Å². The number of aromatic nitrogens is 4. The molecular formula is C13H13ClF2N6O4. The first-order chi connectivity index (χ1) is 12.3. The van der Waals surface area contributed by atoms with Crippen molar-refractivity contribution in [2.24, 2.45) is 0 Å². The van der Waals surface area contributed by atoms with Gasteiger partial charge in [-0.25, -0.2) is 13.8 Å². The van der Waals surface area contributed by atoms with Crippen LogP contribution in [0.3, 0.4) is 0 Å². The fourth-order valence-electron chi connectivity index (χ4n) is 2.03. The summed E-state index contributed by atoms with van der Waals surface area (Å²) in [5.74, 6) is -1.00. The number of alkyl halides is 2. The second kappa shape index (κ2) is 8.47. The number of nitrogens with zero attached hydrogens (tertiary/aromatic N) is 6. The third kappa shape index (κ3) is 4.81. The van der Waals surface area contributed by atoms with E-state index in [4.69, 9.17) is 16.3 Å². The van der Waals surface area contributed by atoms with Gasteiger partial charge in [-0.15, -0.1) is 0 Å². The molecule has 140 valence electrons. The van der Waals surface area contributed by atoms with E-state index < -0.39 is 36.1 Å². The smallest absolute Gasteiger partial charge is 0.330 e. The van der Waals surface area contributed by atoms with Gasteiger partial charge in [0, 0.05) is 6.20 Å². The highest BCUT2D eigenvalue weighted by atomic mass is 35.5. The lowest BCUT2D eigenvalue weighted by molar-refractivity contribution is -0.384. The van der Waals surface area contributed by atoms with E-state index in [9.17, 15) is 23.7 Å². The molecule has 0 aliphatic carbocycles. The first-order valence-corrected chi connectivity index (χ1v) is 7.60. The molecule has 2 rings (SSSR count). The summed E-state index contributed by atoms with van der Waals surface area (Å²) in [4.78, 5) is 30.8. The van der Waals surface area contributed by atoms with Crippen molar-refractivity contribution in [2.45, 2.75) is 19.9 Å². The lowest BCUT2D eigenvalue weighted by Gasteiger charge is -2.20. The summed E-state index contributed by atoms with van der Waals surface area (Å²) in [5.41, 5.74) is -0.406. The van der Waals surface area contributed by atoms with Gasteiger partial charge in [-0.2, -0.15) is 10.1 Å². The zero-order valence-electron chi connectivity index (χ0n) is 13.4. The largest absolute Gasteiger partial charge is 0.465 e. The van der Waals surface area contributed by atoms with E-state index in [0.717, 1.165) is 15.8 Å². The number of halogens is 3. The summed E-state index contributed by atoms with van der Waals surface area (Å²) in [7, 11) is 0. The fourth-order valence-corrected chi connectivity index (χ4v) is 2.16. The molecule has 13 heteroatoms. The quantitative estimate of drug-likeness (QED) is 0.291. The van der Waals surface area contributed by atoms with Crippen molar-refractivity contribution in [3.05, 3.63) is 34.0 Å². The Morgan fingerprint density at radius 3 is 2.85 bits per heavy atom. The van der Waals surface area contributed by atoms with Crippen LogP contribution in [0.25, 0.3) is 0 Å². The molecule has 0 fully saturated rings. The van der Waals surface area contributed by atoms with Crippen LogP contribution >= 0.6 is 11.6 Å². The molecule has 26 heavy (non-hydrogen) atoms. The topological polar surface area (TPSA) is 116 Å². The zero-order valence-corrected chi connectivity index (χ0v) is 14.1. The van der Waals surface area contributed by atoms with E-state index in [1.807, 2.05) is 0 Å². The Labute approximate surface area is 150 Å².